The molecular weight excluding hydrogens is 330 g/mol. The number of carbonyl (C=O) groups is 1. The Morgan fingerprint density at radius 1 is 1.29 bits per heavy atom. The third-order valence-electron chi connectivity index (χ3n) is 5.25. The number of carbonyl (C=O) groups excluding carboxylic acids is 1. The van der Waals surface area contributed by atoms with E-state index in [-0.39, 0.29) is 23.6 Å². The minimum Gasteiger partial charge on any atom is -0.361 e. The molecule has 8 heteroatoms. The molecule has 7 nitrogen and oxygen atoms in total. The number of sulfone groups is 1. The summed E-state index contributed by atoms with van der Waals surface area (Å²) in [5.41, 5.74) is 1.75. The number of aryl methyl sites for hydroxylation is 2. The number of nitrogens with zero attached hydrogens (tertiary/aromatic N) is 2. The van der Waals surface area contributed by atoms with Crippen LogP contribution in [0.5, 0.6) is 0 Å². The zero-order valence-electron chi connectivity index (χ0n) is 14.2. The fraction of sp³-hybridized carbons (Fsp3) is 0.750. The van der Waals surface area contributed by atoms with Crippen LogP contribution < -0.4 is 5.32 Å². The second kappa shape index (κ2) is 6.84. The summed E-state index contributed by atoms with van der Waals surface area (Å²) < 4.78 is 28.3. The highest BCUT2D eigenvalue weighted by Gasteiger charge is 2.35. The third-order valence-corrected chi connectivity index (χ3v) is 7.00. The average Bonchev–Trinajstić information content (AvgIpc) is 3.07. The van der Waals surface area contributed by atoms with Gasteiger partial charge in [0, 0.05) is 24.1 Å². The van der Waals surface area contributed by atoms with Gasteiger partial charge in [-0.05, 0) is 46.2 Å². The molecule has 1 atom stereocenters. The minimum absolute atomic E-state index is 0.000248. The monoisotopic (exact) mass is 355 g/mol. The molecule has 2 fully saturated rings. The summed E-state index contributed by atoms with van der Waals surface area (Å²) in [5, 5.41) is 6.87. The highest BCUT2D eigenvalue weighted by molar-refractivity contribution is 7.91. The Kier molecular flexibility index (Phi) is 4.96. The van der Waals surface area contributed by atoms with Gasteiger partial charge in [0.1, 0.15) is 5.76 Å². The van der Waals surface area contributed by atoms with Crippen LogP contribution in [0.15, 0.2) is 4.52 Å². The molecule has 1 aromatic heterocycles. The zero-order valence-corrected chi connectivity index (χ0v) is 15.1. The van der Waals surface area contributed by atoms with Gasteiger partial charge in [0.2, 0.25) is 5.91 Å². The van der Waals surface area contributed by atoms with E-state index >= 15 is 0 Å². The van der Waals surface area contributed by atoms with Crippen LogP contribution in [-0.2, 0) is 21.2 Å². The lowest BCUT2D eigenvalue weighted by atomic mass is 9.94. The van der Waals surface area contributed by atoms with Gasteiger partial charge in [-0.25, -0.2) is 8.42 Å². The topological polar surface area (TPSA) is 92.5 Å². The van der Waals surface area contributed by atoms with Crippen LogP contribution in [0.4, 0.5) is 0 Å². The van der Waals surface area contributed by atoms with Crippen molar-refractivity contribution in [3.8, 4) is 0 Å². The number of nitrogens with one attached hydrogen (secondary N) is 1. The molecule has 24 heavy (non-hydrogen) atoms. The van der Waals surface area contributed by atoms with Crippen LogP contribution in [-0.4, -0.2) is 55.0 Å². The van der Waals surface area contributed by atoms with E-state index in [9.17, 15) is 13.2 Å². The lowest BCUT2D eigenvalue weighted by Crippen LogP contribution is -2.45. The average molecular weight is 355 g/mol. The van der Waals surface area contributed by atoms with Gasteiger partial charge < -0.3 is 9.84 Å². The maximum atomic E-state index is 12.4. The third kappa shape index (κ3) is 3.80. The molecule has 0 aliphatic carbocycles. The standard InChI is InChI=1S/C16H25N3O4S/c1-11-15(12(2)23-18-11)9-17-16(20)13-3-6-19(7-4-13)14-5-8-24(21,22)10-14/h13-14H,3-10H2,1-2H3,(H,17,20)/t14-/m1/s1. The molecule has 2 saturated heterocycles. The minimum atomic E-state index is -2.85. The van der Waals surface area contributed by atoms with Crippen LogP contribution in [0, 0.1) is 19.8 Å². The van der Waals surface area contributed by atoms with E-state index in [0.29, 0.717) is 12.3 Å². The Hall–Kier alpha value is -1.41. The Morgan fingerprint density at radius 3 is 2.54 bits per heavy atom. The van der Waals surface area contributed by atoms with Crippen molar-refractivity contribution in [1.82, 2.24) is 15.4 Å². The Morgan fingerprint density at radius 2 is 2.00 bits per heavy atom. The van der Waals surface area contributed by atoms with Crippen molar-refractivity contribution in [3.05, 3.63) is 17.0 Å². The maximum Gasteiger partial charge on any atom is 0.223 e. The fourth-order valence-electron chi connectivity index (χ4n) is 3.66. The van der Waals surface area contributed by atoms with Gasteiger partial charge in [0.25, 0.3) is 0 Å². The van der Waals surface area contributed by atoms with Crippen molar-refractivity contribution < 1.29 is 17.7 Å². The summed E-state index contributed by atoms with van der Waals surface area (Å²) in [6, 6.07) is 0.140. The van der Waals surface area contributed by atoms with Gasteiger partial charge in [-0.3, -0.25) is 9.69 Å². The molecule has 0 aromatic carbocycles. The molecule has 2 aliphatic heterocycles. The smallest absolute Gasteiger partial charge is 0.223 e. The van der Waals surface area contributed by atoms with Gasteiger partial charge in [0.15, 0.2) is 9.84 Å². The highest BCUT2D eigenvalue weighted by atomic mass is 32.2. The number of likely N-dealkylation sites (tertiary alicyclic amines) is 1. The van der Waals surface area contributed by atoms with E-state index in [1.54, 1.807) is 0 Å². The van der Waals surface area contributed by atoms with E-state index < -0.39 is 9.84 Å². The number of rotatable bonds is 4. The van der Waals surface area contributed by atoms with Crippen molar-refractivity contribution in [2.24, 2.45) is 5.92 Å². The van der Waals surface area contributed by atoms with Gasteiger partial charge in [-0.1, -0.05) is 5.16 Å². The number of amides is 1. The normalized spacial score (nSPS) is 25.0. The Labute approximate surface area is 142 Å². The van der Waals surface area contributed by atoms with Crippen molar-refractivity contribution in [2.45, 2.75) is 45.7 Å². The molecule has 0 bridgehead atoms. The fourth-order valence-corrected chi connectivity index (χ4v) is 5.43. The number of hydrogen-bond acceptors (Lipinski definition) is 6. The molecule has 3 heterocycles. The van der Waals surface area contributed by atoms with Crippen LogP contribution in [0.1, 0.15) is 36.3 Å². The summed E-state index contributed by atoms with van der Waals surface area (Å²) >= 11 is 0. The molecule has 3 rings (SSSR count). The van der Waals surface area contributed by atoms with E-state index in [2.05, 4.69) is 15.4 Å². The molecule has 1 N–H and O–H groups in total. The molecule has 0 radical (unpaired) electrons. The molecule has 0 unspecified atom stereocenters. The zero-order chi connectivity index (χ0) is 17.3. The van der Waals surface area contributed by atoms with Crippen LogP contribution in [0.25, 0.3) is 0 Å². The van der Waals surface area contributed by atoms with Crippen molar-refractivity contribution in [3.63, 3.8) is 0 Å². The number of hydrogen-bond donors (Lipinski definition) is 1. The first-order valence-corrected chi connectivity index (χ1v) is 10.3. The van der Waals surface area contributed by atoms with E-state index in [0.717, 1.165) is 49.4 Å². The summed E-state index contributed by atoms with van der Waals surface area (Å²) in [6.45, 7) is 5.75. The van der Waals surface area contributed by atoms with Gasteiger partial charge in [-0.15, -0.1) is 0 Å². The maximum absolute atomic E-state index is 12.4. The molecule has 1 aromatic rings. The van der Waals surface area contributed by atoms with E-state index in [1.807, 2.05) is 13.8 Å². The predicted molar refractivity (Wildman–Crippen MR) is 89.2 cm³/mol. The molecule has 1 amide bonds. The SMILES string of the molecule is Cc1noc(C)c1CNC(=O)C1CCN([C@@H]2CCS(=O)(=O)C2)CC1. The Bertz CT molecular complexity index is 685. The van der Waals surface area contributed by atoms with Crippen LogP contribution >= 0.6 is 0 Å². The van der Waals surface area contributed by atoms with Crippen LogP contribution in [0.2, 0.25) is 0 Å². The van der Waals surface area contributed by atoms with E-state index in [4.69, 9.17) is 4.52 Å². The highest BCUT2D eigenvalue weighted by Crippen LogP contribution is 2.24. The first kappa shape index (κ1) is 17.4. The summed E-state index contributed by atoms with van der Waals surface area (Å²) in [5.74, 6) is 1.38. The number of piperidine rings is 1. The van der Waals surface area contributed by atoms with E-state index in [1.165, 1.54) is 0 Å². The first-order valence-electron chi connectivity index (χ1n) is 8.49. The lowest BCUT2D eigenvalue weighted by molar-refractivity contribution is -0.126. The summed E-state index contributed by atoms with van der Waals surface area (Å²) in [6.07, 6.45) is 2.29. The van der Waals surface area contributed by atoms with Crippen molar-refractivity contribution in [2.75, 3.05) is 24.6 Å². The van der Waals surface area contributed by atoms with Crippen molar-refractivity contribution in [1.29, 1.82) is 0 Å². The molecule has 0 spiro atoms. The molecule has 134 valence electrons. The van der Waals surface area contributed by atoms with Crippen LogP contribution in [0.3, 0.4) is 0 Å². The largest absolute Gasteiger partial charge is 0.361 e. The van der Waals surface area contributed by atoms with Gasteiger partial charge in [0.05, 0.1) is 17.2 Å². The molecule has 0 saturated carbocycles. The molecular formula is C16H25N3O4S. The second-order valence-corrected chi connectivity index (χ2v) is 9.12. The quantitative estimate of drug-likeness (QED) is 0.859. The summed E-state index contributed by atoms with van der Waals surface area (Å²) in [7, 11) is -2.85. The second-order valence-electron chi connectivity index (χ2n) is 6.89. The first-order chi connectivity index (χ1) is 11.4. The Balaban J connectivity index is 1.47. The summed E-state index contributed by atoms with van der Waals surface area (Å²) in [4.78, 5) is 14.6. The number of aromatic nitrogens is 1. The lowest BCUT2D eigenvalue weighted by Gasteiger charge is -2.34. The van der Waals surface area contributed by atoms with Gasteiger partial charge >= 0.3 is 0 Å². The van der Waals surface area contributed by atoms with Gasteiger partial charge in [-0.2, -0.15) is 0 Å². The van der Waals surface area contributed by atoms with Crippen molar-refractivity contribution >= 4 is 15.7 Å². The molecule has 2 aliphatic rings. The predicted octanol–water partition coefficient (Wildman–Crippen LogP) is 0.807.